The molecule has 100 valence electrons. The molecule has 3 rings (SSSR count). The van der Waals surface area contributed by atoms with E-state index in [-0.39, 0.29) is 5.91 Å². The van der Waals surface area contributed by atoms with Crippen molar-refractivity contribution in [3.63, 3.8) is 0 Å². The zero-order valence-corrected chi connectivity index (χ0v) is 12.7. The third-order valence-corrected chi connectivity index (χ3v) is 3.92. The fourth-order valence-corrected chi connectivity index (χ4v) is 2.59. The van der Waals surface area contributed by atoms with Gasteiger partial charge in [0.05, 0.1) is 9.26 Å². The maximum absolute atomic E-state index is 12.1. The van der Waals surface area contributed by atoms with Crippen molar-refractivity contribution in [3.05, 3.63) is 69.8 Å². The van der Waals surface area contributed by atoms with E-state index in [2.05, 4.69) is 32.9 Å². The van der Waals surface area contributed by atoms with Crippen molar-refractivity contribution in [3.8, 4) is 0 Å². The van der Waals surface area contributed by atoms with Gasteiger partial charge in [-0.05, 0) is 58.5 Å². The molecule has 4 nitrogen and oxygen atoms in total. The largest absolute Gasteiger partial charge is 0.348 e. The topological polar surface area (TPSA) is 46.4 Å². The van der Waals surface area contributed by atoms with Crippen molar-refractivity contribution < 1.29 is 4.79 Å². The van der Waals surface area contributed by atoms with Crippen LogP contribution in [0.5, 0.6) is 0 Å². The number of halogens is 1. The lowest BCUT2D eigenvalue weighted by atomic mass is 10.2. The number of fused-ring (bicyclic) bond motifs is 1. The molecule has 0 aliphatic heterocycles. The number of pyridine rings is 2. The van der Waals surface area contributed by atoms with E-state index in [1.165, 1.54) is 0 Å². The van der Waals surface area contributed by atoms with E-state index in [4.69, 9.17) is 0 Å². The minimum atomic E-state index is -0.0831. The lowest BCUT2D eigenvalue weighted by molar-refractivity contribution is 0.0950. The molecule has 0 aliphatic carbocycles. The van der Waals surface area contributed by atoms with Crippen molar-refractivity contribution in [2.75, 3.05) is 0 Å². The van der Waals surface area contributed by atoms with Crippen LogP contribution in [0.15, 0.2) is 55.0 Å². The van der Waals surface area contributed by atoms with Gasteiger partial charge in [-0.25, -0.2) is 0 Å². The van der Waals surface area contributed by atoms with Gasteiger partial charge in [-0.15, -0.1) is 0 Å². The van der Waals surface area contributed by atoms with Crippen LogP contribution in [0.3, 0.4) is 0 Å². The van der Waals surface area contributed by atoms with Crippen LogP contribution < -0.4 is 5.32 Å². The molecule has 0 spiro atoms. The lowest BCUT2D eigenvalue weighted by Gasteiger charge is -2.06. The predicted molar refractivity (Wildman–Crippen MR) is 85.5 cm³/mol. The first-order valence-electron chi connectivity index (χ1n) is 6.18. The Labute approximate surface area is 130 Å². The maximum atomic E-state index is 12.1. The molecule has 3 aromatic rings. The molecule has 0 saturated carbocycles. The van der Waals surface area contributed by atoms with Crippen molar-refractivity contribution in [2.45, 2.75) is 6.54 Å². The molecule has 0 radical (unpaired) electrons. The summed E-state index contributed by atoms with van der Waals surface area (Å²) < 4.78 is 3.08. The first-order chi connectivity index (χ1) is 9.74. The SMILES string of the molecule is O=C(NCc1cccnc1)c1ccc2ccc(I)n2c1. The van der Waals surface area contributed by atoms with Gasteiger partial charge in [0.1, 0.15) is 0 Å². The highest BCUT2D eigenvalue weighted by atomic mass is 127. The zero-order chi connectivity index (χ0) is 13.9. The molecular weight excluding hydrogens is 365 g/mol. The highest BCUT2D eigenvalue weighted by Crippen LogP contribution is 2.14. The summed E-state index contributed by atoms with van der Waals surface area (Å²) in [5.41, 5.74) is 2.71. The first-order valence-corrected chi connectivity index (χ1v) is 7.25. The number of nitrogens with one attached hydrogen (secondary N) is 1. The molecule has 1 N–H and O–H groups in total. The number of amides is 1. The van der Waals surface area contributed by atoms with E-state index in [1.54, 1.807) is 12.4 Å². The molecule has 0 aliphatic rings. The molecule has 0 saturated heterocycles. The smallest absolute Gasteiger partial charge is 0.253 e. The average molecular weight is 377 g/mol. The van der Waals surface area contributed by atoms with Crippen LogP contribution >= 0.6 is 22.6 Å². The molecule has 0 fully saturated rings. The van der Waals surface area contributed by atoms with Gasteiger partial charge in [0.2, 0.25) is 0 Å². The summed E-state index contributed by atoms with van der Waals surface area (Å²) in [6, 6.07) is 11.6. The normalized spacial score (nSPS) is 10.7. The Balaban J connectivity index is 1.77. The van der Waals surface area contributed by atoms with Gasteiger partial charge >= 0.3 is 0 Å². The molecule has 3 aromatic heterocycles. The summed E-state index contributed by atoms with van der Waals surface area (Å²) in [5.74, 6) is -0.0831. The summed E-state index contributed by atoms with van der Waals surface area (Å²) in [6.07, 6.45) is 5.32. The van der Waals surface area contributed by atoms with Crippen LogP contribution in [0.1, 0.15) is 15.9 Å². The first kappa shape index (κ1) is 13.1. The number of aromatic nitrogens is 2. The Morgan fingerprint density at radius 2 is 2.10 bits per heavy atom. The summed E-state index contributed by atoms with van der Waals surface area (Å²) in [6.45, 7) is 0.480. The molecule has 0 aromatic carbocycles. The van der Waals surface area contributed by atoms with Crippen LogP contribution in [-0.2, 0) is 6.54 Å². The Hall–Kier alpha value is -1.89. The van der Waals surface area contributed by atoms with E-state index >= 15 is 0 Å². The summed E-state index contributed by atoms with van der Waals surface area (Å²) in [5, 5.41) is 2.90. The second-order valence-electron chi connectivity index (χ2n) is 4.41. The number of carbonyl (C=O) groups is 1. The Bertz CT molecular complexity index is 752. The third-order valence-electron chi connectivity index (χ3n) is 3.04. The van der Waals surface area contributed by atoms with Crippen LogP contribution in [0.25, 0.3) is 5.52 Å². The van der Waals surface area contributed by atoms with Crippen LogP contribution in [0.2, 0.25) is 0 Å². The van der Waals surface area contributed by atoms with E-state index in [0.29, 0.717) is 12.1 Å². The molecular formula is C15H12IN3O. The van der Waals surface area contributed by atoms with E-state index in [0.717, 1.165) is 14.8 Å². The van der Waals surface area contributed by atoms with Gasteiger partial charge in [-0.1, -0.05) is 6.07 Å². The molecule has 0 atom stereocenters. The van der Waals surface area contributed by atoms with Crippen molar-refractivity contribution in [1.29, 1.82) is 0 Å². The second-order valence-corrected chi connectivity index (χ2v) is 5.52. The monoisotopic (exact) mass is 377 g/mol. The highest BCUT2D eigenvalue weighted by Gasteiger charge is 2.07. The quantitative estimate of drug-likeness (QED) is 0.714. The van der Waals surface area contributed by atoms with Gasteiger partial charge in [0.15, 0.2) is 0 Å². The predicted octanol–water partition coefficient (Wildman–Crippen LogP) is 2.87. The number of nitrogens with zero attached hydrogens (tertiary/aromatic N) is 2. The number of hydrogen-bond acceptors (Lipinski definition) is 2. The fraction of sp³-hybridized carbons (Fsp3) is 0.0667. The van der Waals surface area contributed by atoms with Crippen LogP contribution in [0, 0.1) is 3.70 Å². The van der Waals surface area contributed by atoms with Gasteiger partial charge in [-0.3, -0.25) is 9.78 Å². The zero-order valence-electron chi connectivity index (χ0n) is 10.6. The maximum Gasteiger partial charge on any atom is 0.253 e. The third kappa shape index (κ3) is 2.67. The summed E-state index contributed by atoms with van der Waals surface area (Å²) in [4.78, 5) is 16.2. The lowest BCUT2D eigenvalue weighted by Crippen LogP contribution is -2.23. The Morgan fingerprint density at radius 1 is 1.25 bits per heavy atom. The average Bonchev–Trinajstić information content (AvgIpc) is 2.87. The van der Waals surface area contributed by atoms with Crippen molar-refractivity contribution in [1.82, 2.24) is 14.7 Å². The summed E-state index contributed by atoms with van der Waals surface area (Å²) in [7, 11) is 0. The van der Waals surface area contributed by atoms with Gasteiger partial charge in [0, 0.05) is 30.7 Å². The van der Waals surface area contributed by atoms with E-state index < -0.39 is 0 Å². The molecule has 1 amide bonds. The Morgan fingerprint density at radius 3 is 2.90 bits per heavy atom. The number of rotatable bonds is 3. The minimum absolute atomic E-state index is 0.0831. The summed E-state index contributed by atoms with van der Waals surface area (Å²) >= 11 is 2.25. The fourth-order valence-electron chi connectivity index (χ4n) is 1.99. The number of carbonyl (C=O) groups excluding carboxylic acids is 1. The van der Waals surface area contributed by atoms with Gasteiger partial charge < -0.3 is 9.72 Å². The minimum Gasteiger partial charge on any atom is -0.348 e. The molecule has 20 heavy (non-hydrogen) atoms. The molecule has 5 heteroatoms. The molecule has 3 heterocycles. The van der Waals surface area contributed by atoms with Gasteiger partial charge in [0.25, 0.3) is 5.91 Å². The van der Waals surface area contributed by atoms with Crippen molar-refractivity contribution >= 4 is 34.0 Å². The van der Waals surface area contributed by atoms with Gasteiger partial charge in [-0.2, -0.15) is 0 Å². The second kappa shape index (κ2) is 5.62. The Kier molecular flexibility index (Phi) is 3.68. The van der Waals surface area contributed by atoms with Crippen molar-refractivity contribution in [2.24, 2.45) is 0 Å². The van der Waals surface area contributed by atoms with Crippen LogP contribution in [0.4, 0.5) is 0 Å². The van der Waals surface area contributed by atoms with E-state index in [9.17, 15) is 4.79 Å². The van der Waals surface area contributed by atoms with E-state index in [1.807, 2.05) is 47.0 Å². The molecule has 0 unspecified atom stereocenters. The standard InChI is InChI=1S/C15H12IN3O/c16-14-6-5-13-4-3-12(10-19(13)14)15(20)18-9-11-2-1-7-17-8-11/h1-8,10H,9H2,(H,18,20). The highest BCUT2D eigenvalue weighted by molar-refractivity contribution is 14.1. The van der Waals surface area contributed by atoms with Crippen LogP contribution in [-0.4, -0.2) is 15.3 Å². The number of hydrogen-bond donors (Lipinski definition) is 1. The molecule has 0 bridgehead atoms.